The Kier molecular flexibility index (Phi) is 6.18. The van der Waals surface area contributed by atoms with Crippen LogP contribution < -0.4 is 10.6 Å². The minimum Gasteiger partial charge on any atom is -0.389 e. The summed E-state index contributed by atoms with van der Waals surface area (Å²) in [5.41, 5.74) is 7.14. The monoisotopic (exact) mass is 284 g/mol. The smallest absolute Gasteiger partial charge is 0.124 e. The van der Waals surface area contributed by atoms with Crippen molar-refractivity contribution in [2.75, 3.05) is 25.2 Å². The molecule has 0 aliphatic heterocycles. The molecule has 0 fully saturated rings. The van der Waals surface area contributed by atoms with Gasteiger partial charge in [-0.05, 0) is 31.5 Å². The molecule has 1 atom stereocenters. The largest absolute Gasteiger partial charge is 0.389 e. The molecule has 19 heavy (non-hydrogen) atoms. The van der Waals surface area contributed by atoms with Crippen molar-refractivity contribution in [3.8, 4) is 0 Å². The zero-order chi connectivity index (χ0) is 14.4. The van der Waals surface area contributed by atoms with Crippen LogP contribution in [0.5, 0.6) is 0 Å². The first-order chi connectivity index (χ1) is 9.01. The van der Waals surface area contributed by atoms with Gasteiger partial charge in [-0.15, -0.1) is 0 Å². The van der Waals surface area contributed by atoms with Crippen LogP contribution in [-0.4, -0.2) is 31.3 Å². The van der Waals surface area contributed by atoms with E-state index in [-0.39, 0.29) is 10.8 Å². The van der Waals surface area contributed by atoms with Gasteiger partial charge in [0, 0.05) is 30.9 Å². The molecule has 2 N–H and O–H groups in total. The van der Waals surface area contributed by atoms with Gasteiger partial charge in [-0.1, -0.05) is 19.1 Å². The summed E-state index contributed by atoms with van der Waals surface area (Å²) in [7, 11) is 1.66. The van der Waals surface area contributed by atoms with Gasteiger partial charge >= 0.3 is 0 Å². The molecule has 0 spiro atoms. The fraction of sp³-hybridized carbons (Fsp3) is 0.500. The number of benzene rings is 1. The van der Waals surface area contributed by atoms with Crippen LogP contribution in [0, 0.1) is 5.82 Å². The molecule has 1 rings (SSSR count). The van der Waals surface area contributed by atoms with E-state index in [2.05, 4.69) is 18.7 Å². The molecule has 0 bridgehead atoms. The molecule has 0 saturated heterocycles. The van der Waals surface area contributed by atoms with Gasteiger partial charge < -0.3 is 15.4 Å². The highest BCUT2D eigenvalue weighted by Crippen LogP contribution is 2.24. The maximum atomic E-state index is 13.3. The summed E-state index contributed by atoms with van der Waals surface area (Å²) in [6, 6.07) is 4.85. The third kappa shape index (κ3) is 4.14. The summed E-state index contributed by atoms with van der Waals surface area (Å²) in [5.74, 6) is -0.331. The van der Waals surface area contributed by atoms with Crippen LogP contribution in [0.1, 0.15) is 25.8 Å². The average molecular weight is 284 g/mol. The molecule has 0 aliphatic carbocycles. The van der Waals surface area contributed by atoms with Crippen LogP contribution in [0.25, 0.3) is 0 Å². The van der Waals surface area contributed by atoms with Gasteiger partial charge in [-0.3, -0.25) is 0 Å². The Morgan fingerprint density at radius 2 is 2.21 bits per heavy atom. The van der Waals surface area contributed by atoms with Gasteiger partial charge in [0.2, 0.25) is 0 Å². The number of nitrogens with zero attached hydrogens (tertiary/aromatic N) is 1. The number of methoxy groups -OCH3 is 1. The number of halogens is 1. The van der Waals surface area contributed by atoms with Crippen molar-refractivity contribution in [1.29, 1.82) is 0 Å². The number of anilines is 1. The molecule has 0 aliphatic rings. The van der Waals surface area contributed by atoms with Crippen molar-refractivity contribution in [2.24, 2.45) is 5.73 Å². The van der Waals surface area contributed by atoms with Gasteiger partial charge in [0.25, 0.3) is 0 Å². The van der Waals surface area contributed by atoms with E-state index in [0.29, 0.717) is 24.8 Å². The SMILES string of the molecule is CCC(C)N(CCOC)c1ccc(F)cc1C(N)=S. The fourth-order valence-corrected chi connectivity index (χ4v) is 2.11. The highest BCUT2D eigenvalue weighted by molar-refractivity contribution is 7.80. The topological polar surface area (TPSA) is 38.5 Å². The van der Waals surface area contributed by atoms with Gasteiger partial charge in [0.05, 0.1) is 6.61 Å². The lowest BCUT2D eigenvalue weighted by molar-refractivity contribution is 0.203. The van der Waals surface area contributed by atoms with Crippen LogP contribution in [0.15, 0.2) is 18.2 Å². The molecule has 0 amide bonds. The summed E-state index contributed by atoms with van der Waals surface area (Å²) in [6.45, 7) is 5.53. The molecule has 0 aromatic heterocycles. The Bertz CT molecular complexity index is 439. The third-order valence-electron chi connectivity index (χ3n) is 3.19. The Morgan fingerprint density at radius 1 is 1.53 bits per heavy atom. The predicted molar refractivity (Wildman–Crippen MR) is 81.3 cm³/mol. The van der Waals surface area contributed by atoms with Crippen LogP contribution >= 0.6 is 12.2 Å². The second kappa shape index (κ2) is 7.40. The number of thiocarbonyl (C=S) groups is 1. The molecule has 0 saturated carbocycles. The van der Waals surface area contributed by atoms with Crippen molar-refractivity contribution in [2.45, 2.75) is 26.3 Å². The zero-order valence-electron chi connectivity index (χ0n) is 11.6. The van der Waals surface area contributed by atoms with E-state index in [4.69, 9.17) is 22.7 Å². The fourth-order valence-electron chi connectivity index (χ4n) is 1.94. The second-order valence-electron chi connectivity index (χ2n) is 4.47. The summed E-state index contributed by atoms with van der Waals surface area (Å²) >= 11 is 5.02. The minimum absolute atomic E-state index is 0.209. The van der Waals surface area contributed by atoms with E-state index >= 15 is 0 Å². The van der Waals surface area contributed by atoms with Crippen LogP contribution in [-0.2, 0) is 4.74 Å². The third-order valence-corrected chi connectivity index (χ3v) is 3.41. The van der Waals surface area contributed by atoms with Crippen LogP contribution in [0.3, 0.4) is 0 Å². The maximum absolute atomic E-state index is 13.3. The molecular weight excluding hydrogens is 263 g/mol. The van der Waals surface area contributed by atoms with E-state index in [0.717, 1.165) is 12.1 Å². The summed E-state index contributed by atoms with van der Waals surface area (Å²) in [5, 5.41) is 0. The van der Waals surface area contributed by atoms with Crippen molar-refractivity contribution in [3.63, 3.8) is 0 Å². The minimum atomic E-state index is -0.331. The summed E-state index contributed by atoms with van der Waals surface area (Å²) in [4.78, 5) is 2.36. The Labute approximate surface area is 119 Å². The molecule has 1 aromatic rings. The van der Waals surface area contributed by atoms with Crippen molar-refractivity contribution in [3.05, 3.63) is 29.6 Å². The molecule has 1 aromatic carbocycles. The summed E-state index contributed by atoms with van der Waals surface area (Å²) < 4.78 is 18.5. The van der Waals surface area contributed by atoms with E-state index < -0.39 is 0 Å². The predicted octanol–water partition coefficient (Wildman–Crippen LogP) is 2.71. The highest BCUT2D eigenvalue weighted by Gasteiger charge is 2.18. The number of nitrogens with two attached hydrogens (primary N) is 1. The normalized spacial score (nSPS) is 12.2. The lowest BCUT2D eigenvalue weighted by Crippen LogP contribution is -2.37. The zero-order valence-corrected chi connectivity index (χ0v) is 12.5. The first-order valence-corrected chi connectivity index (χ1v) is 6.77. The van der Waals surface area contributed by atoms with E-state index in [1.165, 1.54) is 12.1 Å². The number of ether oxygens (including phenoxy) is 1. The first kappa shape index (κ1) is 15.9. The summed E-state index contributed by atoms with van der Waals surface area (Å²) in [6.07, 6.45) is 0.970. The average Bonchev–Trinajstić information content (AvgIpc) is 2.39. The number of hydrogen-bond acceptors (Lipinski definition) is 3. The Hall–Kier alpha value is -1.20. The Balaban J connectivity index is 3.17. The van der Waals surface area contributed by atoms with Gasteiger partial charge in [-0.25, -0.2) is 4.39 Å². The van der Waals surface area contributed by atoms with E-state index in [1.807, 2.05) is 0 Å². The quantitative estimate of drug-likeness (QED) is 0.781. The second-order valence-corrected chi connectivity index (χ2v) is 4.91. The molecule has 3 nitrogen and oxygen atoms in total. The maximum Gasteiger partial charge on any atom is 0.124 e. The van der Waals surface area contributed by atoms with Crippen LogP contribution in [0.2, 0.25) is 0 Å². The van der Waals surface area contributed by atoms with Crippen molar-refractivity contribution in [1.82, 2.24) is 0 Å². The molecular formula is C14H21FN2OS. The Morgan fingerprint density at radius 3 is 2.74 bits per heavy atom. The molecule has 0 heterocycles. The molecule has 0 radical (unpaired) electrons. The first-order valence-electron chi connectivity index (χ1n) is 6.36. The number of hydrogen-bond donors (Lipinski definition) is 1. The van der Waals surface area contributed by atoms with Gasteiger partial charge in [-0.2, -0.15) is 0 Å². The van der Waals surface area contributed by atoms with Crippen molar-refractivity contribution < 1.29 is 9.13 Å². The molecule has 1 unspecified atom stereocenters. The van der Waals surface area contributed by atoms with Gasteiger partial charge in [0.1, 0.15) is 10.8 Å². The number of rotatable bonds is 7. The van der Waals surface area contributed by atoms with Gasteiger partial charge in [0.15, 0.2) is 0 Å². The van der Waals surface area contributed by atoms with Crippen LogP contribution in [0.4, 0.5) is 10.1 Å². The highest BCUT2D eigenvalue weighted by atomic mass is 32.1. The molecule has 5 heteroatoms. The van der Waals surface area contributed by atoms with Crippen molar-refractivity contribution >= 4 is 22.9 Å². The lowest BCUT2D eigenvalue weighted by atomic mass is 10.1. The lowest BCUT2D eigenvalue weighted by Gasteiger charge is -2.32. The standard InChI is InChI=1S/C14H21FN2OS/c1-4-10(2)17(7-8-18-3)13-6-5-11(15)9-12(13)14(16)19/h5-6,9-10H,4,7-8H2,1-3H3,(H2,16,19). The van der Waals surface area contributed by atoms with E-state index in [9.17, 15) is 4.39 Å². The molecule has 106 valence electrons. The van der Waals surface area contributed by atoms with E-state index in [1.54, 1.807) is 13.2 Å².